The first-order chi connectivity index (χ1) is 9.60. The number of pyridine rings is 1. The quantitative estimate of drug-likeness (QED) is 0.865. The summed E-state index contributed by atoms with van der Waals surface area (Å²) in [6.07, 6.45) is 2.27. The van der Waals surface area contributed by atoms with Gasteiger partial charge in [0.25, 0.3) is 0 Å². The molecule has 0 unspecified atom stereocenters. The number of aryl methyl sites for hydroxylation is 1. The minimum atomic E-state index is -0.523. The van der Waals surface area contributed by atoms with Crippen LogP contribution >= 0.6 is 15.9 Å². The van der Waals surface area contributed by atoms with Crippen molar-refractivity contribution >= 4 is 27.7 Å². The van der Waals surface area contributed by atoms with Crippen molar-refractivity contribution in [3.8, 4) is 5.82 Å². The van der Waals surface area contributed by atoms with Crippen LogP contribution in [0.1, 0.15) is 30.2 Å². The van der Waals surface area contributed by atoms with E-state index in [9.17, 15) is 4.79 Å². The standard InChI is InChI=1S/C13H15BrN4O2/c1-3-9-17-10(13(19)20-4-2)11(15)18(9)12-8(14)6-5-7-16-12/h5-7H,3-4,15H2,1-2H3. The van der Waals surface area contributed by atoms with Crippen LogP contribution < -0.4 is 5.73 Å². The Balaban J connectivity index is 2.59. The maximum absolute atomic E-state index is 11.9. The Morgan fingerprint density at radius 3 is 2.85 bits per heavy atom. The Morgan fingerprint density at radius 2 is 2.25 bits per heavy atom. The summed E-state index contributed by atoms with van der Waals surface area (Å²) in [4.78, 5) is 20.4. The molecule has 0 aliphatic rings. The number of carbonyl (C=O) groups excluding carboxylic acids is 1. The van der Waals surface area contributed by atoms with Gasteiger partial charge in [-0.25, -0.2) is 14.8 Å². The van der Waals surface area contributed by atoms with Crippen LogP contribution in [0.15, 0.2) is 22.8 Å². The second-order valence-corrected chi connectivity index (χ2v) is 4.83. The minimum Gasteiger partial charge on any atom is -0.461 e. The van der Waals surface area contributed by atoms with E-state index in [-0.39, 0.29) is 18.1 Å². The first kappa shape index (κ1) is 14.5. The molecule has 106 valence electrons. The highest BCUT2D eigenvalue weighted by atomic mass is 79.9. The summed E-state index contributed by atoms with van der Waals surface area (Å²) in [7, 11) is 0. The highest BCUT2D eigenvalue weighted by Gasteiger charge is 2.23. The molecule has 2 aromatic rings. The number of hydrogen-bond acceptors (Lipinski definition) is 5. The number of rotatable bonds is 4. The SMILES string of the molecule is CCOC(=O)c1nc(CC)n(-c2ncccc2Br)c1N. The van der Waals surface area contributed by atoms with E-state index < -0.39 is 5.97 Å². The molecule has 6 nitrogen and oxygen atoms in total. The second kappa shape index (κ2) is 6.04. The van der Waals surface area contributed by atoms with Crippen molar-refractivity contribution < 1.29 is 9.53 Å². The van der Waals surface area contributed by atoms with E-state index in [1.807, 2.05) is 13.0 Å². The highest BCUT2D eigenvalue weighted by molar-refractivity contribution is 9.10. The number of nitrogens with two attached hydrogens (primary N) is 1. The Kier molecular flexibility index (Phi) is 4.39. The van der Waals surface area contributed by atoms with E-state index in [0.717, 1.165) is 4.47 Å². The smallest absolute Gasteiger partial charge is 0.360 e. The maximum Gasteiger partial charge on any atom is 0.360 e. The van der Waals surface area contributed by atoms with E-state index in [1.165, 1.54) is 0 Å². The zero-order chi connectivity index (χ0) is 14.7. The molecule has 0 amide bonds. The van der Waals surface area contributed by atoms with Crippen molar-refractivity contribution in [2.24, 2.45) is 0 Å². The molecule has 0 spiro atoms. The van der Waals surface area contributed by atoms with Crippen LogP contribution in [0.3, 0.4) is 0 Å². The van der Waals surface area contributed by atoms with E-state index in [1.54, 1.807) is 23.8 Å². The third kappa shape index (κ3) is 2.53. The fourth-order valence-electron chi connectivity index (χ4n) is 1.85. The fraction of sp³-hybridized carbons (Fsp3) is 0.308. The number of aromatic nitrogens is 3. The monoisotopic (exact) mass is 338 g/mol. The molecule has 0 atom stereocenters. The third-order valence-electron chi connectivity index (χ3n) is 2.72. The average Bonchev–Trinajstić information content (AvgIpc) is 2.77. The van der Waals surface area contributed by atoms with Crippen LogP contribution in [-0.4, -0.2) is 27.1 Å². The van der Waals surface area contributed by atoms with Crippen LogP contribution in [-0.2, 0) is 11.2 Å². The van der Waals surface area contributed by atoms with Gasteiger partial charge < -0.3 is 10.5 Å². The first-order valence-electron chi connectivity index (χ1n) is 6.25. The van der Waals surface area contributed by atoms with Crippen LogP contribution in [0.25, 0.3) is 5.82 Å². The van der Waals surface area contributed by atoms with Crippen molar-refractivity contribution in [2.45, 2.75) is 20.3 Å². The molecule has 2 N–H and O–H groups in total. The summed E-state index contributed by atoms with van der Waals surface area (Å²) in [5.41, 5.74) is 6.18. The van der Waals surface area contributed by atoms with Crippen molar-refractivity contribution in [1.29, 1.82) is 0 Å². The summed E-state index contributed by atoms with van der Waals surface area (Å²) in [6, 6.07) is 3.66. The van der Waals surface area contributed by atoms with E-state index in [2.05, 4.69) is 25.9 Å². The Labute approximate surface area is 125 Å². The van der Waals surface area contributed by atoms with Gasteiger partial charge in [-0.1, -0.05) is 6.92 Å². The zero-order valence-electron chi connectivity index (χ0n) is 11.3. The van der Waals surface area contributed by atoms with Gasteiger partial charge in [0.2, 0.25) is 0 Å². The maximum atomic E-state index is 11.9. The summed E-state index contributed by atoms with van der Waals surface area (Å²) >= 11 is 3.42. The lowest BCUT2D eigenvalue weighted by Gasteiger charge is -2.09. The second-order valence-electron chi connectivity index (χ2n) is 3.98. The Hall–Kier alpha value is -1.89. The molecular formula is C13H15BrN4O2. The topological polar surface area (TPSA) is 83.0 Å². The Morgan fingerprint density at radius 1 is 1.50 bits per heavy atom. The van der Waals surface area contributed by atoms with Gasteiger partial charge in [0.05, 0.1) is 11.1 Å². The molecule has 0 saturated heterocycles. The van der Waals surface area contributed by atoms with Crippen LogP contribution in [0.2, 0.25) is 0 Å². The molecule has 0 saturated carbocycles. The normalized spacial score (nSPS) is 10.6. The molecule has 0 aliphatic carbocycles. The number of ether oxygens (including phenoxy) is 1. The van der Waals surface area contributed by atoms with Crippen LogP contribution in [0.4, 0.5) is 5.82 Å². The van der Waals surface area contributed by atoms with Crippen LogP contribution in [0, 0.1) is 0 Å². The molecule has 0 radical (unpaired) electrons. The summed E-state index contributed by atoms with van der Waals surface area (Å²) in [6.45, 7) is 3.95. The number of halogens is 1. The largest absolute Gasteiger partial charge is 0.461 e. The number of nitrogen functional groups attached to an aromatic ring is 1. The zero-order valence-corrected chi connectivity index (χ0v) is 12.8. The number of esters is 1. The van der Waals surface area contributed by atoms with Gasteiger partial charge in [-0.3, -0.25) is 4.57 Å². The van der Waals surface area contributed by atoms with Crippen molar-refractivity contribution in [3.63, 3.8) is 0 Å². The van der Waals surface area contributed by atoms with E-state index in [4.69, 9.17) is 10.5 Å². The molecule has 2 heterocycles. The lowest BCUT2D eigenvalue weighted by atomic mass is 10.4. The lowest BCUT2D eigenvalue weighted by molar-refractivity contribution is 0.0521. The van der Waals surface area contributed by atoms with Gasteiger partial charge in [0.15, 0.2) is 11.5 Å². The van der Waals surface area contributed by atoms with Gasteiger partial charge in [-0.15, -0.1) is 0 Å². The van der Waals surface area contributed by atoms with Gasteiger partial charge in [0, 0.05) is 12.6 Å². The molecule has 0 aromatic carbocycles. The molecule has 0 bridgehead atoms. The molecule has 2 aromatic heterocycles. The van der Waals surface area contributed by atoms with Crippen molar-refractivity contribution in [1.82, 2.24) is 14.5 Å². The molecular weight excluding hydrogens is 324 g/mol. The van der Waals surface area contributed by atoms with E-state index >= 15 is 0 Å². The van der Waals surface area contributed by atoms with Gasteiger partial charge in [-0.05, 0) is 35.0 Å². The number of imidazole rings is 1. The lowest BCUT2D eigenvalue weighted by Crippen LogP contribution is -2.10. The van der Waals surface area contributed by atoms with E-state index in [0.29, 0.717) is 18.1 Å². The number of hydrogen-bond donors (Lipinski definition) is 1. The summed E-state index contributed by atoms with van der Waals surface area (Å²) in [5.74, 6) is 0.972. The number of carbonyl (C=O) groups is 1. The average molecular weight is 339 g/mol. The van der Waals surface area contributed by atoms with Crippen molar-refractivity contribution in [3.05, 3.63) is 34.3 Å². The van der Waals surface area contributed by atoms with Crippen molar-refractivity contribution in [2.75, 3.05) is 12.3 Å². The first-order valence-corrected chi connectivity index (χ1v) is 7.04. The molecule has 0 aliphatic heterocycles. The molecule has 2 rings (SSSR count). The number of nitrogens with zero attached hydrogens (tertiary/aromatic N) is 3. The number of anilines is 1. The molecule has 0 fully saturated rings. The predicted molar refractivity (Wildman–Crippen MR) is 78.8 cm³/mol. The fourth-order valence-corrected chi connectivity index (χ4v) is 2.28. The van der Waals surface area contributed by atoms with Gasteiger partial charge >= 0.3 is 5.97 Å². The predicted octanol–water partition coefficient (Wildman–Crippen LogP) is 2.35. The molecule has 20 heavy (non-hydrogen) atoms. The minimum absolute atomic E-state index is 0.126. The Bertz CT molecular complexity index is 639. The van der Waals surface area contributed by atoms with Gasteiger partial charge in [-0.2, -0.15) is 0 Å². The van der Waals surface area contributed by atoms with Gasteiger partial charge in [0.1, 0.15) is 11.6 Å². The highest BCUT2D eigenvalue weighted by Crippen LogP contribution is 2.25. The molecule has 7 heteroatoms. The van der Waals surface area contributed by atoms with Crippen LogP contribution in [0.5, 0.6) is 0 Å². The third-order valence-corrected chi connectivity index (χ3v) is 3.34. The summed E-state index contributed by atoms with van der Waals surface area (Å²) < 4.78 is 7.40. The summed E-state index contributed by atoms with van der Waals surface area (Å²) in [5, 5.41) is 0.